The molecule has 0 unspecified atom stereocenters. The van der Waals surface area contributed by atoms with Crippen LogP contribution in [-0.4, -0.2) is 11.8 Å². The maximum Gasteiger partial charge on any atom is 0.330 e. The predicted molar refractivity (Wildman–Crippen MR) is 79.4 cm³/mol. The van der Waals surface area contributed by atoms with Gasteiger partial charge in [-0.2, -0.15) is 0 Å². The topological polar surface area (TPSA) is 43.4 Å². The molecule has 1 aliphatic heterocycles. The van der Waals surface area contributed by atoms with Gasteiger partial charge in [0.15, 0.2) is 11.2 Å². The van der Waals surface area contributed by atoms with E-state index in [9.17, 15) is 9.59 Å². The minimum atomic E-state index is -1.34. The molecule has 2 aliphatic rings. The van der Waals surface area contributed by atoms with E-state index in [0.29, 0.717) is 11.3 Å². The average molecular weight is 280 g/mol. The van der Waals surface area contributed by atoms with Crippen molar-refractivity contribution in [3.8, 4) is 0 Å². The summed E-state index contributed by atoms with van der Waals surface area (Å²) in [5.74, 6) is -0.807. The Balaban J connectivity index is 2.22. The van der Waals surface area contributed by atoms with E-state index in [1.54, 1.807) is 6.92 Å². The first-order chi connectivity index (χ1) is 9.97. The van der Waals surface area contributed by atoms with Crippen molar-refractivity contribution in [3.05, 3.63) is 71.5 Å². The van der Waals surface area contributed by atoms with Gasteiger partial charge in [0.1, 0.15) is 5.76 Å². The molecule has 106 valence electrons. The van der Waals surface area contributed by atoms with E-state index in [0.717, 1.165) is 11.1 Å². The summed E-state index contributed by atoms with van der Waals surface area (Å²) in [4.78, 5) is 25.3. The number of carbonyl (C=O) groups excluding carboxylic acids is 2. The van der Waals surface area contributed by atoms with Gasteiger partial charge in [0.05, 0.1) is 0 Å². The molecule has 1 spiro atoms. The van der Waals surface area contributed by atoms with E-state index in [1.807, 2.05) is 43.3 Å². The zero-order chi connectivity index (χ0) is 15.2. The predicted octanol–water partition coefficient (Wildman–Crippen LogP) is 3.30. The zero-order valence-electron chi connectivity index (χ0n) is 12.1. The standard InChI is InChI=1S/C18H16O3/c1-11-9-15(14-7-5-4-6-8-14)18(13(11)3)16(19)10-12(2)21-17(18)20/h4-10,15H,3H2,1-2H3/t15-,18-/m0/s1. The summed E-state index contributed by atoms with van der Waals surface area (Å²) in [5.41, 5.74) is 0.969. The highest BCUT2D eigenvalue weighted by Gasteiger charge is 2.59. The van der Waals surface area contributed by atoms with Gasteiger partial charge in [0, 0.05) is 12.0 Å². The van der Waals surface area contributed by atoms with Gasteiger partial charge in [-0.3, -0.25) is 9.59 Å². The molecule has 1 heterocycles. The van der Waals surface area contributed by atoms with Gasteiger partial charge in [-0.1, -0.05) is 48.6 Å². The number of carbonyl (C=O) groups is 2. The van der Waals surface area contributed by atoms with Crippen molar-refractivity contribution < 1.29 is 14.3 Å². The molecule has 0 amide bonds. The second kappa shape index (κ2) is 4.55. The second-order valence-corrected chi connectivity index (χ2v) is 5.53. The summed E-state index contributed by atoms with van der Waals surface area (Å²) < 4.78 is 5.27. The fourth-order valence-corrected chi connectivity index (χ4v) is 3.19. The molecule has 0 radical (unpaired) electrons. The van der Waals surface area contributed by atoms with E-state index >= 15 is 0 Å². The Morgan fingerprint density at radius 2 is 1.81 bits per heavy atom. The van der Waals surface area contributed by atoms with Crippen LogP contribution in [-0.2, 0) is 14.3 Å². The van der Waals surface area contributed by atoms with Crippen molar-refractivity contribution in [2.75, 3.05) is 0 Å². The summed E-state index contributed by atoms with van der Waals surface area (Å²) in [6, 6.07) is 9.53. The first kappa shape index (κ1) is 13.6. The van der Waals surface area contributed by atoms with Crippen molar-refractivity contribution >= 4 is 11.8 Å². The number of ketones is 1. The molecule has 3 nitrogen and oxygen atoms in total. The van der Waals surface area contributed by atoms with Gasteiger partial charge in [0.25, 0.3) is 0 Å². The minimum absolute atomic E-state index is 0.247. The summed E-state index contributed by atoms with van der Waals surface area (Å²) in [6.07, 6.45) is 3.33. The van der Waals surface area contributed by atoms with E-state index in [1.165, 1.54) is 6.08 Å². The van der Waals surface area contributed by atoms with Crippen LogP contribution in [0.4, 0.5) is 0 Å². The smallest absolute Gasteiger partial charge is 0.330 e. The van der Waals surface area contributed by atoms with Crippen LogP contribution in [0.1, 0.15) is 25.3 Å². The highest BCUT2D eigenvalue weighted by Crippen LogP contribution is 2.54. The third-order valence-corrected chi connectivity index (χ3v) is 4.29. The first-order valence-electron chi connectivity index (χ1n) is 6.86. The molecule has 2 atom stereocenters. The number of hydrogen-bond donors (Lipinski definition) is 0. The highest BCUT2D eigenvalue weighted by atomic mass is 16.5. The summed E-state index contributed by atoms with van der Waals surface area (Å²) in [6.45, 7) is 7.48. The van der Waals surface area contributed by atoms with Gasteiger partial charge in [0.2, 0.25) is 0 Å². The first-order valence-corrected chi connectivity index (χ1v) is 6.86. The Morgan fingerprint density at radius 1 is 1.14 bits per heavy atom. The number of rotatable bonds is 1. The van der Waals surface area contributed by atoms with Gasteiger partial charge in [-0.25, -0.2) is 0 Å². The highest BCUT2D eigenvalue weighted by molar-refractivity contribution is 6.16. The van der Waals surface area contributed by atoms with Crippen LogP contribution in [0.2, 0.25) is 0 Å². The monoisotopic (exact) mass is 280 g/mol. The molecule has 21 heavy (non-hydrogen) atoms. The SMILES string of the molecule is C=C1C(C)=C[C@@H](c2ccccc2)[C@]12C(=O)C=C(C)OC2=O. The maximum atomic E-state index is 12.7. The Morgan fingerprint density at radius 3 is 2.43 bits per heavy atom. The third-order valence-electron chi connectivity index (χ3n) is 4.29. The average Bonchev–Trinajstić information content (AvgIpc) is 2.71. The van der Waals surface area contributed by atoms with E-state index in [-0.39, 0.29) is 11.7 Å². The molecule has 0 saturated heterocycles. The molecule has 3 rings (SSSR count). The lowest BCUT2D eigenvalue weighted by Gasteiger charge is -2.35. The molecule has 3 heteroatoms. The Labute approximate surface area is 123 Å². The third kappa shape index (κ3) is 1.74. The van der Waals surface area contributed by atoms with Crippen molar-refractivity contribution in [2.45, 2.75) is 19.8 Å². The molecule has 0 N–H and O–H groups in total. The molecule has 1 aliphatic carbocycles. The fourth-order valence-electron chi connectivity index (χ4n) is 3.19. The summed E-state index contributed by atoms with van der Waals surface area (Å²) in [7, 11) is 0. The zero-order valence-corrected chi connectivity index (χ0v) is 12.1. The Bertz CT molecular complexity index is 709. The molecular weight excluding hydrogens is 264 g/mol. The largest absolute Gasteiger partial charge is 0.430 e. The molecule has 0 fully saturated rings. The van der Waals surface area contributed by atoms with Gasteiger partial charge < -0.3 is 4.74 Å². The lowest BCUT2D eigenvalue weighted by atomic mass is 9.67. The lowest BCUT2D eigenvalue weighted by molar-refractivity contribution is -0.155. The quantitative estimate of drug-likeness (QED) is 0.585. The summed E-state index contributed by atoms with van der Waals surface area (Å²) in [5, 5.41) is 0. The Hall–Kier alpha value is -2.42. The van der Waals surface area contributed by atoms with Crippen molar-refractivity contribution in [3.63, 3.8) is 0 Å². The second-order valence-electron chi connectivity index (χ2n) is 5.53. The van der Waals surface area contributed by atoms with Crippen LogP contribution in [0.25, 0.3) is 0 Å². The van der Waals surface area contributed by atoms with Gasteiger partial charge >= 0.3 is 5.97 Å². The fraction of sp³-hybridized carbons (Fsp3) is 0.222. The number of esters is 1. The van der Waals surface area contributed by atoms with Crippen LogP contribution < -0.4 is 0 Å². The molecule has 0 aromatic heterocycles. The molecular formula is C18H16O3. The normalized spacial score (nSPS) is 28.5. The van der Waals surface area contributed by atoms with Crippen LogP contribution in [0.3, 0.4) is 0 Å². The number of allylic oxidation sites excluding steroid dienone is 4. The number of benzene rings is 1. The maximum absolute atomic E-state index is 12.7. The number of cyclic esters (lactones) is 1. The van der Waals surface area contributed by atoms with Crippen LogP contribution >= 0.6 is 0 Å². The van der Waals surface area contributed by atoms with Crippen molar-refractivity contribution in [2.24, 2.45) is 5.41 Å². The number of hydrogen-bond acceptors (Lipinski definition) is 3. The lowest BCUT2D eigenvalue weighted by Crippen LogP contribution is -2.46. The van der Waals surface area contributed by atoms with Gasteiger partial charge in [-0.15, -0.1) is 0 Å². The molecule has 1 aromatic rings. The van der Waals surface area contributed by atoms with Crippen LogP contribution in [0.15, 0.2) is 66.0 Å². The Kier molecular flexibility index (Phi) is 2.94. The van der Waals surface area contributed by atoms with Crippen molar-refractivity contribution in [1.82, 2.24) is 0 Å². The molecule has 0 saturated carbocycles. The molecule has 1 aromatic carbocycles. The molecule has 0 bridgehead atoms. The van der Waals surface area contributed by atoms with E-state index in [2.05, 4.69) is 6.58 Å². The van der Waals surface area contributed by atoms with E-state index < -0.39 is 11.4 Å². The minimum Gasteiger partial charge on any atom is -0.430 e. The van der Waals surface area contributed by atoms with Crippen molar-refractivity contribution in [1.29, 1.82) is 0 Å². The summed E-state index contributed by atoms with van der Waals surface area (Å²) >= 11 is 0. The van der Waals surface area contributed by atoms with Crippen LogP contribution in [0.5, 0.6) is 0 Å². The van der Waals surface area contributed by atoms with Gasteiger partial charge in [-0.05, 0) is 25.0 Å². The number of ether oxygens (including phenoxy) is 1. The van der Waals surface area contributed by atoms with E-state index in [4.69, 9.17) is 4.74 Å². The van der Waals surface area contributed by atoms with Crippen LogP contribution in [0, 0.1) is 5.41 Å².